The average molecular weight is 368 g/mol. The van der Waals surface area contributed by atoms with Crippen LogP contribution in [0.1, 0.15) is 28.3 Å². The number of nitrogens with one attached hydrogen (secondary N) is 1. The topological polar surface area (TPSA) is 60.0 Å². The summed E-state index contributed by atoms with van der Waals surface area (Å²) in [6.45, 7) is 1.80. The molecule has 1 N–H and O–H groups in total. The molecule has 6 heteroatoms. The lowest BCUT2D eigenvalue weighted by atomic mass is 9.83. The fourth-order valence-electron chi connectivity index (χ4n) is 4.36. The normalized spacial score (nSPS) is 18.0. The highest BCUT2D eigenvalue weighted by molar-refractivity contribution is 5.76. The molecule has 0 saturated carbocycles. The van der Waals surface area contributed by atoms with Crippen LogP contribution in [-0.4, -0.2) is 39.2 Å². The molecule has 1 atom stereocenters. The molecule has 0 spiro atoms. The van der Waals surface area contributed by atoms with Gasteiger partial charge in [0.15, 0.2) is 11.5 Å². The molecule has 4 rings (SSSR count). The molecule has 0 radical (unpaired) electrons. The van der Waals surface area contributed by atoms with Crippen molar-refractivity contribution in [2.45, 2.75) is 25.4 Å². The van der Waals surface area contributed by atoms with Gasteiger partial charge in [0.2, 0.25) is 6.41 Å². The number of methoxy groups -OCH3 is 3. The van der Waals surface area contributed by atoms with Gasteiger partial charge in [-0.05, 0) is 47.7 Å². The SMILES string of the molecule is COc1cc2c(cc1NC=O)[C@@H]1Cc3ccc(OC)c(OC)c3CN1CC2. The van der Waals surface area contributed by atoms with Gasteiger partial charge in [0, 0.05) is 24.7 Å². The Morgan fingerprint density at radius 2 is 1.89 bits per heavy atom. The molecule has 2 aromatic carbocycles. The van der Waals surface area contributed by atoms with Crippen molar-refractivity contribution in [3.05, 3.63) is 46.5 Å². The smallest absolute Gasteiger partial charge is 0.211 e. The number of hydrogen-bond acceptors (Lipinski definition) is 5. The van der Waals surface area contributed by atoms with Crippen molar-refractivity contribution in [2.24, 2.45) is 0 Å². The van der Waals surface area contributed by atoms with Gasteiger partial charge in [-0.1, -0.05) is 6.07 Å². The number of benzene rings is 2. The van der Waals surface area contributed by atoms with Gasteiger partial charge in [0.25, 0.3) is 0 Å². The third-order valence-corrected chi connectivity index (χ3v) is 5.66. The number of rotatable bonds is 5. The Kier molecular flexibility index (Phi) is 4.66. The van der Waals surface area contributed by atoms with Crippen molar-refractivity contribution in [2.75, 3.05) is 33.2 Å². The zero-order valence-corrected chi connectivity index (χ0v) is 15.9. The van der Waals surface area contributed by atoms with E-state index in [9.17, 15) is 4.79 Å². The Hall–Kier alpha value is -2.73. The van der Waals surface area contributed by atoms with Gasteiger partial charge in [-0.25, -0.2) is 0 Å². The van der Waals surface area contributed by atoms with Crippen molar-refractivity contribution >= 4 is 12.1 Å². The van der Waals surface area contributed by atoms with E-state index in [1.54, 1.807) is 21.3 Å². The van der Waals surface area contributed by atoms with Gasteiger partial charge in [-0.15, -0.1) is 0 Å². The summed E-state index contributed by atoms with van der Waals surface area (Å²) in [7, 11) is 4.99. The predicted molar refractivity (Wildman–Crippen MR) is 103 cm³/mol. The molecule has 0 bridgehead atoms. The van der Waals surface area contributed by atoms with Crippen LogP contribution in [0, 0.1) is 0 Å². The van der Waals surface area contributed by atoms with Gasteiger partial charge in [-0.3, -0.25) is 9.69 Å². The van der Waals surface area contributed by atoms with Gasteiger partial charge in [0.05, 0.1) is 27.0 Å². The second kappa shape index (κ2) is 7.12. The first-order valence-electron chi connectivity index (χ1n) is 9.08. The van der Waals surface area contributed by atoms with Gasteiger partial charge < -0.3 is 19.5 Å². The number of anilines is 1. The predicted octanol–water partition coefficient (Wildman–Crippen LogP) is 2.94. The number of hydrogen-bond donors (Lipinski definition) is 1. The van der Waals surface area contributed by atoms with Crippen LogP contribution in [0.3, 0.4) is 0 Å². The molecule has 0 unspecified atom stereocenters. The second-order valence-electron chi connectivity index (χ2n) is 6.89. The molecule has 2 aromatic rings. The van der Waals surface area contributed by atoms with Crippen LogP contribution in [0.25, 0.3) is 0 Å². The Balaban J connectivity index is 1.76. The Morgan fingerprint density at radius 3 is 2.59 bits per heavy atom. The summed E-state index contributed by atoms with van der Waals surface area (Å²) in [4.78, 5) is 13.5. The first kappa shape index (κ1) is 17.7. The summed E-state index contributed by atoms with van der Waals surface area (Å²) in [6.07, 6.45) is 2.54. The monoisotopic (exact) mass is 368 g/mol. The summed E-state index contributed by atoms with van der Waals surface area (Å²) < 4.78 is 16.6. The molecule has 2 aliphatic rings. The van der Waals surface area contributed by atoms with Crippen LogP contribution < -0.4 is 19.5 Å². The zero-order chi connectivity index (χ0) is 19.0. The van der Waals surface area contributed by atoms with Crippen LogP contribution in [0.5, 0.6) is 17.2 Å². The van der Waals surface area contributed by atoms with E-state index in [1.165, 1.54) is 22.3 Å². The van der Waals surface area contributed by atoms with Crippen molar-refractivity contribution in [3.63, 3.8) is 0 Å². The minimum absolute atomic E-state index is 0.275. The van der Waals surface area contributed by atoms with E-state index < -0.39 is 0 Å². The Bertz CT molecular complexity index is 881. The van der Waals surface area contributed by atoms with Crippen LogP contribution in [0.4, 0.5) is 5.69 Å². The standard InChI is InChI=1S/C21H24N2O4/c1-25-19-5-4-13-8-18-15-10-17(22-12-24)20(26-2)9-14(15)6-7-23(18)11-16(13)21(19)27-3/h4-5,9-10,12,18H,6-8,11H2,1-3H3,(H,22,24)/t18-/m0/s1. The quantitative estimate of drug-likeness (QED) is 0.823. The van der Waals surface area contributed by atoms with Crippen LogP contribution in [0.15, 0.2) is 24.3 Å². The maximum absolute atomic E-state index is 11.0. The highest BCUT2D eigenvalue weighted by Gasteiger charge is 2.34. The molecular formula is C21H24N2O4. The molecule has 1 amide bonds. The van der Waals surface area contributed by atoms with Gasteiger partial charge in [0.1, 0.15) is 5.75 Å². The molecule has 2 heterocycles. The van der Waals surface area contributed by atoms with Crippen LogP contribution in [0.2, 0.25) is 0 Å². The van der Waals surface area contributed by atoms with E-state index in [4.69, 9.17) is 14.2 Å². The van der Waals surface area contributed by atoms with Gasteiger partial charge >= 0.3 is 0 Å². The summed E-state index contributed by atoms with van der Waals surface area (Å²) in [5.41, 5.74) is 5.74. The van der Waals surface area contributed by atoms with Gasteiger partial charge in [-0.2, -0.15) is 0 Å². The molecule has 142 valence electrons. The summed E-state index contributed by atoms with van der Waals surface area (Å²) in [6, 6.07) is 8.51. The first-order valence-corrected chi connectivity index (χ1v) is 9.08. The minimum Gasteiger partial charge on any atom is -0.495 e. The molecule has 0 aromatic heterocycles. The first-order chi connectivity index (χ1) is 13.2. The van der Waals surface area contributed by atoms with E-state index in [2.05, 4.69) is 28.4 Å². The number of amides is 1. The fourth-order valence-corrected chi connectivity index (χ4v) is 4.36. The molecular weight excluding hydrogens is 344 g/mol. The maximum Gasteiger partial charge on any atom is 0.211 e. The third kappa shape index (κ3) is 2.90. The Morgan fingerprint density at radius 1 is 1.07 bits per heavy atom. The number of ether oxygens (including phenoxy) is 3. The zero-order valence-electron chi connectivity index (χ0n) is 15.9. The van der Waals surface area contributed by atoms with E-state index in [0.717, 1.165) is 37.4 Å². The summed E-state index contributed by atoms with van der Waals surface area (Å²) in [5.74, 6) is 2.31. The van der Waals surface area contributed by atoms with E-state index in [1.807, 2.05) is 6.07 Å². The summed E-state index contributed by atoms with van der Waals surface area (Å²) >= 11 is 0. The minimum atomic E-state index is 0.275. The molecule has 0 fully saturated rings. The van der Waals surface area contributed by atoms with Crippen LogP contribution >= 0.6 is 0 Å². The molecule has 0 saturated heterocycles. The second-order valence-corrected chi connectivity index (χ2v) is 6.89. The highest BCUT2D eigenvalue weighted by Crippen LogP contribution is 2.45. The number of nitrogens with zero attached hydrogens (tertiary/aromatic N) is 1. The van der Waals surface area contributed by atoms with Crippen LogP contribution in [-0.2, 0) is 24.2 Å². The van der Waals surface area contributed by atoms with Crippen molar-refractivity contribution in [1.82, 2.24) is 4.90 Å². The highest BCUT2D eigenvalue weighted by atomic mass is 16.5. The summed E-state index contributed by atoms with van der Waals surface area (Å²) in [5, 5.41) is 2.76. The lowest BCUT2D eigenvalue weighted by Crippen LogP contribution is -2.39. The number of fused-ring (bicyclic) bond motifs is 4. The molecule has 27 heavy (non-hydrogen) atoms. The molecule has 2 aliphatic heterocycles. The van der Waals surface area contributed by atoms with E-state index in [0.29, 0.717) is 17.8 Å². The molecule has 0 aliphatic carbocycles. The maximum atomic E-state index is 11.0. The number of carbonyl (C=O) groups is 1. The Labute approximate surface area is 159 Å². The lowest BCUT2D eigenvalue weighted by Gasteiger charge is -2.42. The van der Waals surface area contributed by atoms with Crippen molar-refractivity contribution < 1.29 is 19.0 Å². The number of carbonyl (C=O) groups excluding carboxylic acids is 1. The fraction of sp³-hybridized carbons (Fsp3) is 0.381. The third-order valence-electron chi connectivity index (χ3n) is 5.66. The van der Waals surface area contributed by atoms with Crippen molar-refractivity contribution in [1.29, 1.82) is 0 Å². The average Bonchev–Trinajstić information content (AvgIpc) is 2.71. The largest absolute Gasteiger partial charge is 0.495 e. The lowest BCUT2D eigenvalue weighted by molar-refractivity contribution is -0.105. The van der Waals surface area contributed by atoms with Crippen molar-refractivity contribution in [3.8, 4) is 17.2 Å². The molecule has 6 nitrogen and oxygen atoms in total. The van der Waals surface area contributed by atoms with E-state index in [-0.39, 0.29) is 6.04 Å². The van der Waals surface area contributed by atoms with E-state index >= 15 is 0 Å².